The first kappa shape index (κ1) is 17.2. The molecular weight excluding hydrogens is 245 g/mol. The van der Waals surface area contributed by atoms with Crippen molar-refractivity contribution in [2.75, 3.05) is 13.1 Å². The molecule has 1 amide bonds. The second-order valence-corrected chi connectivity index (χ2v) is 5.14. The maximum atomic E-state index is 12.4. The predicted octanol–water partition coefficient (Wildman–Crippen LogP) is 2.41. The van der Waals surface area contributed by atoms with Crippen molar-refractivity contribution < 1.29 is 18.0 Å². The van der Waals surface area contributed by atoms with Gasteiger partial charge in [-0.3, -0.25) is 4.79 Å². The molecule has 3 nitrogen and oxygen atoms in total. The molecule has 6 heteroatoms. The number of nitrogens with two attached hydrogens (primary N) is 1. The van der Waals surface area contributed by atoms with Gasteiger partial charge in [-0.25, -0.2) is 0 Å². The molecule has 0 unspecified atom stereocenters. The SMILES string of the molecule is CC[C@H](C)[C@H](N)C(=O)N(CC(C)C)CC(F)(F)F. The second kappa shape index (κ2) is 6.97. The van der Waals surface area contributed by atoms with E-state index in [-0.39, 0.29) is 18.4 Å². The fourth-order valence-corrected chi connectivity index (χ4v) is 1.60. The van der Waals surface area contributed by atoms with Gasteiger partial charge in [0.1, 0.15) is 6.54 Å². The van der Waals surface area contributed by atoms with E-state index in [1.165, 1.54) is 0 Å². The number of carbonyl (C=O) groups excluding carboxylic acids is 1. The quantitative estimate of drug-likeness (QED) is 0.804. The molecule has 18 heavy (non-hydrogen) atoms. The zero-order valence-electron chi connectivity index (χ0n) is 11.4. The average molecular weight is 268 g/mol. The number of carbonyl (C=O) groups is 1. The Balaban J connectivity index is 4.79. The van der Waals surface area contributed by atoms with Gasteiger partial charge in [0.05, 0.1) is 6.04 Å². The Labute approximate surface area is 107 Å². The van der Waals surface area contributed by atoms with Gasteiger partial charge >= 0.3 is 6.18 Å². The van der Waals surface area contributed by atoms with E-state index < -0.39 is 24.7 Å². The largest absolute Gasteiger partial charge is 0.406 e. The lowest BCUT2D eigenvalue weighted by Crippen LogP contribution is -2.50. The molecule has 0 fully saturated rings. The number of nitrogens with zero attached hydrogens (tertiary/aromatic N) is 1. The molecule has 0 aromatic carbocycles. The third-order valence-electron chi connectivity index (χ3n) is 2.81. The summed E-state index contributed by atoms with van der Waals surface area (Å²) >= 11 is 0. The van der Waals surface area contributed by atoms with Gasteiger partial charge in [-0.05, 0) is 11.8 Å². The van der Waals surface area contributed by atoms with E-state index in [0.29, 0.717) is 6.42 Å². The molecule has 0 heterocycles. The van der Waals surface area contributed by atoms with E-state index in [9.17, 15) is 18.0 Å². The zero-order chi connectivity index (χ0) is 14.5. The van der Waals surface area contributed by atoms with Crippen LogP contribution in [-0.2, 0) is 4.79 Å². The fourth-order valence-electron chi connectivity index (χ4n) is 1.60. The monoisotopic (exact) mass is 268 g/mol. The van der Waals surface area contributed by atoms with Crippen LogP contribution in [0.1, 0.15) is 34.1 Å². The Bertz CT molecular complexity index is 267. The third kappa shape index (κ3) is 6.23. The summed E-state index contributed by atoms with van der Waals surface area (Å²) in [5, 5.41) is 0. The second-order valence-electron chi connectivity index (χ2n) is 5.14. The first-order valence-electron chi connectivity index (χ1n) is 6.19. The smallest absolute Gasteiger partial charge is 0.332 e. The van der Waals surface area contributed by atoms with Crippen LogP contribution in [0, 0.1) is 11.8 Å². The highest BCUT2D eigenvalue weighted by atomic mass is 19.4. The molecule has 0 spiro atoms. The molecule has 0 saturated carbocycles. The maximum absolute atomic E-state index is 12.4. The van der Waals surface area contributed by atoms with Crippen LogP contribution in [0.3, 0.4) is 0 Å². The van der Waals surface area contributed by atoms with Crippen LogP contribution in [-0.4, -0.2) is 36.1 Å². The molecule has 0 aliphatic rings. The van der Waals surface area contributed by atoms with Crippen LogP contribution >= 0.6 is 0 Å². The molecule has 0 aromatic rings. The van der Waals surface area contributed by atoms with E-state index in [1.807, 2.05) is 6.92 Å². The Hall–Kier alpha value is -0.780. The summed E-state index contributed by atoms with van der Waals surface area (Å²) in [6, 6.07) is -0.865. The highest BCUT2D eigenvalue weighted by molar-refractivity contribution is 5.82. The number of rotatable bonds is 6. The Morgan fingerprint density at radius 1 is 1.28 bits per heavy atom. The van der Waals surface area contributed by atoms with Crippen molar-refractivity contribution >= 4 is 5.91 Å². The molecule has 0 aromatic heterocycles. The number of amides is 1. The fraction of sp³-hybridized carbons (Fsp3) is 0.917. The van der Waals surface area contributed by atoms with Gasteiger partial charge in [-0.2, -0.15) is 13.2 Å². The lowest BCUT2D eigenvalue weighted by molar-refractivity contribution is -0.163. The maximum Gasteiger partial charge on any atom is 0.406 e. The minimum absolute atomic E-state index is 0.0274. The van der Waals surface area contributed by atoms with Gasteiger partial charge in [0.2, 0.25) is 5.91 Å². The van der Waals surface area contributed by atoms with Crippen LogP contribution in [0.15, 0.2) is 0 Å². The molecule has 0 aliphatic carbocycles. The summed E-state index contributed by atoms with van der Waals surface area (Å²) in [6.07, 6.45) is -3.73. The Kier molecular flexibility index (Phi) is 6.67. The predicted molar refractivity (Wildman–Crippen MR) is 64.9 cm³/mol. The summed E-state index contributed by atoms with van der Waals surface area (Å²) in [5.41, 5.74) is 5.71. The van der Waals surface area contributed by atoms with Crippen LogP contribution in [0.4, 0.5) is 13.2 Å². The van der Waals surface area contributed by atoms with E-state index in [2.05, 4.69) is 0 Å². The summed E-state index contributed by atoms with van der Waals surface area (Å²) < 4.78 is 37.3. The molecule has 0 saturated heterocycles. The minimum atomic E-state index is -4.39. The van der Waals surface area contributed by atoms with Crippen molar-refractivity contribution in [3.05, 3.63) is 0 Å². The lowest BCUT2D eigenvalue weighted by Gasteiger charge is -2.30. The van der Waals surface area contributed by atoms with Crippen molar-refractivity contribution in [2.24, 2.45) is 17.6 Å². The summed E-state index contributed by atoms with van der Waals surface area (Å²) in [6.45, 7) is 6.01. The molecule has 2 N–H and O–H groups in total. The van der Waals surface area contributed by atoms with Crippen LogP contribution < -0.4 is 5.73 Å². The number of hydrogen-bond donors (Lipinski definition) is 1. The Morgan fingerprint density at radius 3 is 2.11 bits per heavy atom. The van der Waals surface area contributed by atoms with Crippen molar-refractivity contribution in [1.29, 1.82) is 0 Å². The first-order valence-corrected chi connectivity index (χ1v) is 6.19. The molecule has 2 atom stereocenters. The van der Waals surface area contributed by atoms with E-state index >= 15 is 0 Å². The standard InChI is InChI=1S/C12H23F3N2O/c1-5-9(4)10(16)11(18)17(6-8(2)3)7-12(13,14)15/h8-10H,5-7,16H2,1-4H3/t9-,10-/m0/s1. The van der Waals surface area contributed by atoms with Crippen molar-refractivity contribution in [1.82, 2.24) is 4.90 Å². The molecule has 0 radical (unpaired) electrons. The van der Waals surface area contributed by atoms with Gasteiger partial charge in [0.25, 0.3) is 0 Å². The van der Waals surface area contributed by atoms with E-state index in [4.69, 9.17) is 5.73 Å². The molecule has 108 valence electrons. The molecule has 0 bridgehead atoms. The first-order chi connectivity index (χ1) is 8.08. The highest BCUT2D eigenvalue weighted by Gasteiger charge is 2.35. The van der Waals surface area contributed by atoms with E-state index in [0.717, 1.165) is 4.90 Å². The topological polar surface area (TPSA) is 46.3 Å². The molecule has 0 aliphatic heterocycles. The Morgan fingerprint density at radius 2 is 1.78 bits per heavy atom. The number of hydrogen-bond acceptors (Lipinski definition) is 2. The zero-order valence-corrected chi connectivity index (χ0v) is 11.4. The minimum Gasteiger partial charge on any atom is -0.332 e. The molecular formula is C12H23F3N2O. The number of alkyl halides is 3. The van der Waals surface area contributed by atoms with Crippen LogP contribution in [0.25, 0.3) is 0 Å². The summed E-state index contributed by atoms with van der Waals surface area (Å²) in [5.74, 6) is -0.767. The average Bonchev–Trinajstić information content (AvgIpc) is 2.22. The summed E-state index contributed by atoms with van der Waals surface area (Å²) in [4.78, 5) is 12.8. The summed E-state index contributed by atoms with van der Waals surface area (Å²) in [7, 11) is 0. The van der Waals surface area contributed by atoms with Crippen molar-refractivity contribution in [3.8, 4) is 0 Å². The van der Waals surface area contributed by atoms with Crippen LogP contribution in [0.5, 0.6) is 0 Å². The highest BCUT2D eigenvalue weighted by Crippen LogP contribution is 2.19. The third-order valence-corrected chi connectivity index (χ3v) is 2.81. The van der Waals surface area contributed by atoms with E-state index in [1.54, 1.807) is 20.8 Å². The van der Waals surface area contributed by atoms with Gasteiger partial charge < -0.3 is 10.6 Å². The van der Waals surface area contributed by atoms with Crippen molar-refractivity contribution in [2.45, 2.75) is 46.3 Å². The van der Waals surface area contributed by atoms with Gasteiger partial charge in [-0.15, -0.1) is 0 Å². The van der Waals surface area contributed by atoms with Crippen LogP contribution in [0.2, 0.25) is 0 Å². The molecule has 0 rings (SSSR count). The van der Waals surface area contributed by atoms with Gasteiger partial charge in [0, 0.05) is 6.54 Å². The van der Waals surface area contributed by atoms with Crippen molar-refractivity contribution in [3.63, 3.8) is 0 Å². The van der Waals surface area contributed by atoms with Gasteiger partial charge in [-0.1, -0.05) is 34.1 Å². The number of halogens is 3. The lowest BCUT2D eigenvalue weighted by atomic mass is 9.98. The van der Waals surface area contributed by atoms with Gasteiger partial charge in [0.15, 0.2) is 0 Å². The normalized spacial score (nSPS) is 15.6.